The van der Waals surface area contributed by atoms with Crippen molar-refractivity contribution in [2.24, 2.45) is 0 Å². The highest BCUT2D eigenvalue weighted by Crippen LogP contribution is 1.78. The van der Waals surface area contributed by atoms with Crippen molar-refractivity contribution in [1.29, 1.82) is 0 Å². The number of hydrogen-bond donors (Lipinski definition) is 1. The van der Waals surface area contributed by atoms with Crippen LogP contribution in [-0.2, 0) is 10.4 Å². The van der Waals surface area contributed by atoms with Crippen LogP contribution in [0.1, 0.15) is 0 Å². The maximum atomic E-state index is 10.6. The second kappa shape index (κ2) is 1.48. The molecule has 0 aromatic rings. The fourth-order valence-corrected chi connectivity index (χ4v) is 0. The second-order valence-corrected chi connectivity index (χ2v) is 1.54. The van der Waals surface area contributed by atoms with Gasteiger partial charge in [-0.2, -0.15) is 8.42 Å². The molecule has 0 atom stereocenters. The first-order valence-corrected chi connectivity index (χ1v) is 2.26. The molecule has 38 valence electrons. The lowest BCUT2D eigenvalue weighted by Crippen LogP contribution is -2.05. The minimum absolute atomic E-state index is 0.0903. The Kier molecular flexibility index (Phi) is 1.42. The lowest BCUT2D eigenvalue weighted by molar-refractivity contribution is 0.404. The van der Waals surface area contributed by atoms with E-state index in [-0.39, 0.29) is 4.94 Å². The fraction of sp³-hybridized carbons (Fsp3) is 0. The Morgan fingerprint density at radius 2 is 1.67 bits per heavy atom. The molecule has 0 saturated heterocycles. The van der Waals surface area contributed by atoms with Gasteiger partial charge >= 0.3 is 10.4 Å². The van der Waals surface area contributed by atoms with Crippen LogP contribution in [0, 0.1) is 0 Å². The van der Waals surface area contributed by atoms with Crippen LogP contribution < -0.4 is 4.94 Å². The van der Waals surface area contributed by atoms with Gasteiger partial charge in [-0.3, -0.25) is 0 Å². The highest BCUT2D eigenvalue weighted by atomic mass is 32.3. The van der Waals surface area contributed by atoms with Crippen LogP contribution in [0.4, 0.5) is 8.37 Å². The summed E-state index contributed by atoms with van der Waals surface area (Å²) in [4.78, 5) is -0.0903. The van der Waals surface area contributed by atoms with E-state index in [2.05, 4.69) is 0 Å². The van der Waals surface area contributed by atoms with Gasteiger partial charge < -0.3 is 0 Å². The quantitative estimate of drug-likeness (QED) is 0.377. The molecular weight excluding hydrogens is 116 g/mol. The molecule has 6 heteroatoms. The lowest BCUT2D eigenvalue weighted by atomic mass is 13.8. The molecule has 1 N–H and O–H groups in total. The van der Waals surface area contributed by atoms with Crippen LogP contribution in [0.15, 0.2) is 0 Å². The molecule has 0 rings (SSSR count). The van der Waals surface area contributed by atoms with Gasteiger partial charge in [-0.05, 0) is 4.94 Å². The highest BCUT2D eigenvalue weighted by Gasteiger charge is 1.99. The zero-order valence-corrected chi connectivity index (χ0v) is 3.30. The Balaban J connectivity index is 3.85. The Bertz CT molecular complexity index is 114. The molecule has 0 saturated carbocycles. The van der Waals surface area contributed by atoms with Crippen molar-refractivity contribution in [1.82, 2.24) is 4.94 Å². The third-order valence-corrected chi connectivity index (χ3v) is 0.276. The molecular formula is HF2NO2S. The molecule has 0 aromatic carbocycles. The van der Waals surface area contributed by atoms with E-state index in [9.17, 15) is 8.37 Å². The van der Waals surface area contributed by atoms with Crippen LogP contribution in [0.2, 0.25) is 0 Å². The molecule has 0 aromatic heterocycles. The maximum Gasteiger partial charge on any atom is 0.398 e. The van der Waals surface area contributed by atoms with Gasteiger partial charge in [0.25, 0.3) is 0 Å². The van der Waals surface area contributed by atoms with E-state index in [4.69, 9.17) is 8.42 Å². The summed E-state index contributed by atoms with van der Waals surface area (Å²) in [6.07, 6.45) is 0. The van der Waals surface area contributed by atoms with Crippen LogP contribution in [-0.4, -0.2) is 8.42 Å². The van der Waals surface area contributed by atoms with Crippen molar-refractivity contribution >= 4 is 10.4 Å². The first kappa shape index (κ1) is 5.77. The summed E-state index contributed by atoms with van der Waals surface area (Å²) in [6, 6.07) is 0. The Morgan fingerprint density at radius 3 is 1.67 bits per heavy atom. The number of rotatable bonds is 1. The van der Waals surface area contributed by atoms with E-state index in [1.807, 2.05) is 0 Å². The highest BCUT2D eigenvalue weighted by molar-refractivity contribution is 7.84. The standard InChI is InChI=1S/F2HNO2S/c1-3-6(2,4)5/h3H. The summed E-state index contributed by atoms with van der Waals surface area (Å²) in [5.41, 5.74) is 0. The average Bonchev–Trinajstić information content (AvgIpc) is 1.35. The molecule has 0 aliphatic rings. The molecule has 3 nitrogen and oxygen atoms in total. The van der Waals surface area contributed by atoms with Gasteiger partial charge in [-0.15, -0.1) is 4.48 Å². The van der Waals surface area contributed by atoms with Gasteiger partial charge in [0, 0.05) is 0 Å². The molecule has 0 amide bonds. The van der Waals surface area contributed by atoms with Gasteiger partial charge in [0.05, 0.1) is 0 Å². The van der Waals surface area contributed by atoms with Gasteiger partial charge in [0.2, 0.25) is 0 Å². The van der Waals surface area contributed by atoms with E-state index in [0.29, 0.717) is 0 Å². The Morgan fingerprint density at radius 1 is 1.50 bits per heavy atom. The summed E-state index contributed by atoms with van der Waals surface area (Å²) >= 11 is 0. The predicted molar refractivity (Wildman–Crippen MR) is 14.3 cm³/mol. The fourth-order valence-electron chi connectivity index (χ4n) is 0. The monoisotopic (exact) mass is 117 g/mol. The third-order valence-electron chi connectivity index (χ3n) is 0.0922. The molecule has 0 radical (unpaired) electrons. The van der Waals surface area contributed by atoms with E-state index in [0.717, 1.165) is 0 Å². The molecule has 0 aliphatic carbocycles. The molecule has 6 heavy (non-hydrogen) atoms. The first-order chi connectivity index (χ1) is 2.56. The van der Waals surface area contributed by atoms with E-state index in [1.165, 1.54) is 0 Å². The summed E-state index contributed by atoms with van der Waals surface area (Å²) in [5.74, 6) is 0. The predicted octanol–water partition coefficient (Wildman–Crippen LogP) is -0.325. The zero-order valence-electron chi connectivity index (χ0n) is 2.48. The lowest BCUT2D eigenvalue weighted by Gasteiger charge is -1.74. The zero-order chi connectivity index (χ0) is 5.21. The number of hydrogen-bond acceptors (Lipinski definition) is 2. The number of nitrogens with one attached hydrogen (secondary N) is 1. The molecule has 0 aliphatic heterocycles. The Labute approximate surface area is 33.2 Å². The molecule has 0 spiro atoms. The topological polar surface area (TPSA) is 46.2 Å². The minimum Gasteiger partial charge on any atom is -0.175 e. The van der Waals surface area contributed by atoms with Gasteiger partial charge in [-0.25, -0.2) is 0 Å². The van der Waals surface area contributed by atoms with E-state index in [1.54, 1.807) is 0 Å². The second-order valence-electron chi connectivity index (χ2n) is 0.515. The van der Waals surface area contributed by atoms with E-state index < -0.39 is 10.4 Å². The molecule has 0 heterocycles. The maximum absolute atomic E-state index is 10.6. The average molecular weight is 117 g/mol. The normalized spacial score (nSPS) is 11.7. The van der Waals surface area contributed by atoms with Crippen molar-refractivity contribution in [3.05, 3.63) is 0 Å². The van der Waals surface area contributed by atoms with Gasteiger partial charge in [0.15, 0.2) is 0 Å². The summed E-state index contributed by atoms with van der Waals surface area (Å²) < 4.78 is 38.6. The molecule has 0 bridgehead atoms. The van der Waals surface area contributed by atoms with Crippen molar-refractivity contribution < 1.29 is 16.8 Å². The van der Waals surface area contributed by atoms with Crippen LogP contribution >= 0.6 is 0 Å². The molecule has 0 unspecified atom stereocenters. The smallest absolute Gasteiger partial charge is 0.175 e. The van der Waals surface area contributed by atoms with Crippen LogP contribution in [0.5, 0.6) is 0 Å². The molecule has 0 fully saturated rings. The minimum atomic E-state index is -5.08. The first-order valence-electron chi connectivity index (χ1n) is 0.881. The SMILES string of the molecule is O=S(=O)(F)NF. The van der Waals surface area contributed by atoms with Crippen LogP contribution in [0.25, 0.3) is 0 Å². The van der Waals surface area contributed by atoms with Gasteiger partial charge in [0.1, 0.15) is 0 Å². The van der Waals surface area contributed by atoms with Crippen molar-refractivity contribution in [2.75, 3.05) is 0 Å². The van der Waals surface area contributed by atoms with Crippen molar-refractivity contribution in [3.63, 3.8) is 0 Å². The third kappa shape index (κ3) is 3.77. The van der Waals surface area contributed by atoms with Crippen molar-refractivity contribution in [3.8, 4) is 0 Å². The summed E-state index contributed by atoms with van der Waals surface area (Å²) in [7, 11) is -5.08. The van der Waals surface area contributed by atoms with Crippen LogP contribution in [0.3, 0.4) is 0 Å². The van der Waals surface area contributed by atoms with Gasteiger partial charge in [-0.1, -0.05) is 3.89 Å². The van der Waals surface area contributed by atoms with Crippen molar-refractivity contribution in [2.45, 2.75) is 0 Å². The summed E-state index contributed by atoms with van der Waals surface area (Å²) in [5, 5.41) is 0. The Hall–Kier alpha value is -0.230. The number of halogens is 2. The van der Waals surface area contributed by atoms with E-state index >= 15 is 0 Å². The largest absolute Gasteiger partial charge is 0.398 e. The summed E-state index contributed by atoms with van der Waals surface area (Å²) in [6.45, 7) is 0.